The maximum Gasteiger partial charge on any atom is 0.240 e. The van der Waals surface area contributed by atoms with Gasteiger partial charge in [0.2, 0.25) is 10.0 Å². The van der Waals surface area contributed by atoms with Crippen LogP contribution in [-0.2, 0) is 14.8 Å². The van der Waals surface area contributed by atoms with Crippen molar-refractivity contribution in [2.45, 2.75) is 23.3 Å². The predicted molar refractivity (Wildman–Crippen MR) is 93.4 cm³/mol. The molecule has 2 aliphatic heterocycles. The van der Waals surface area contributed by atoms with Gasteiger partial charge in [-0.05, 0) is 57.2 Å². The molecule has 0 radical (unpaired) electrons. The van der Waals surface area contributed by atoms with Crippen molar-refractivity contribution in [3.63, 3.8) is 0 Å². The van der Waals surface area contributed by atoms with Gasteiger partial charge in [0, 0.05) is 25.2 Å². The van der Waals surface area contributed by atoms with E-state index in [9.17, 15) is 12.8 Å². The summed E-state index contributed by atoms with van der Waals surface area (Å²) < 4.78 is 46.5. The zero-order valence-corrected chi connectivity index (χ0v) is 15.4. The highest BCUT2D eigenvalue weighted by atomic mass is 32.2. The average molecular weight is 371 g/mol. The first-order valence-electron chi connectivity index (χ1n) is 8.68. The van der Waals surface area contributed by atoms with Crippen molar-refractivity contribution >= 4 is 10.0 Å². The lowest BCUT2D eigenvalue weighted by Gasteiger charge is -2.49. The number of hydrogen-bond acceptors (Lipinski definition) is 5. The second-order valence-corrected chi connectivity index (χ2v) is 8.67. The molecule has 8 heteroatoms. The number of rotatable bonds is 5. The van der Waals surface area contributed by atoms with Gasteiger partial charge in [-0.2, -0.15) is 0 Å². The van der Waals surface area contributed by atoms with Crippen molar-refractivity contribution in [1.82, 2.24) is 14.5 Å². The molecule has 0 atom stereocenters. The Kier molecular flexibility index (Phi) is 5.75. The molecule has 0 aromatic heterocycles. The second-order valence-electron chi connectivity index (χ2n) is 6.91. The quantitative estimate of drug-likeness (QED) is 0.833. The number of morpholine rings is 1. The number of halogens is 1. The van der Waals surface area contributed by atoms with E-state index in [1.54, 1.807) is 0 Å². The van der Waals surface area contributed by atoms with Crippen molar-refractivity contribution in [3.8, 4) is 0 Å². The first-order valence-corrected chi connectivity index (χ1v) is 10.2. The summed E-state index contributed by atoms with van der Waals surface area (Å²) in [4.78, 5) is 4.74. The lowest BCUT2D eigenvalue weighted by atomic mass is 9.85. The van der Waals surface area contributed by atoms with Gasteiger partial charge in [-0.1, -0.05) is 0 Å². The minimum absolute atomic E-state index is 0.0963. The minimum Gasteiger partial charge on any atom is -0.379 e. The number of hydrogen-bond donors (Lipinski definition) is 1. The molecule has 0 unspecified atom stereocenters. The highest BCUT2D eigenvalue weighted by Crippen LogP contribution is 2.29. The Bertz CT molecular complexity index is 667. The normalized spacial score (nSPS) is 22.8. The van der Waals surface area contributed by atoms with Crippen LogP contribution in [0.1, 0.15) is 12.8 Å². The molecule has 1 N–H and O–H groups in total. The smallest absolute Gasteiger partial charge is 0.240 e. The van der Waals surface area contributed by atoms with E-state index >= 15 is 0 Å². The fourth-order valence-corrected chi connectivity index (χ4v) is 4.72. The standard InChI is InChI=1S/C17H26FN3O3S/c1-20-8-6-17(7-9-20,21-10-12-24-13-11-21)14-19-25(22,23)16-4-2-15(18)3-5-16/h2-5,19H,6-14H2,1H3. The highest BCUT2D eigenvalue weighted by Gasteiger charge is 2.40. The molecule has 1 aromatic rings. The molecular weight excluding hydrogens is 345 g/mol. The summed E-state index contributed by atoms with van der Waals surface area (Å²) in [7, 11) is -1.57. The van der Waals surface area contributed by atoms with Gasteiger partial charge in [0.15, 0.2) is 0 Å². The number of likely N-dealkylation sites (tertiary alicyclic amines) is 1. The summed E-state index contributed by atoms with van der Waals surface area (Å²) in [6, 6.07) is 4.94. The van der Waals surface area contributed by atoms with Gasteiger partial charge < -0.3 is 9.64 Å². The summed E-state index contributed by atoms with van der Waals surface area (Å²) in [6.07, 6.45) is 1.82. The third-order valence-corrected chi connectivity index (χ3v) is 6.73. The molecule has 6 nitrogen and oxygen atoms in total. The number of piperidine rings is 1. The van der Waals surface area contributed by atoms with Crippen LogP contribution in [0.5, 0.6) is 0 Å². The SMILES string of the molecule is CN1CCC(CNS(=O)(=O)c2ccc(F)cc2)(N2CCOCC2)CC1. The van der Waals surface area contributed by atoms with Crippen LogP contribution in [0.15, 0.2) is 29.2 Å². The summed E-state index contributed by atoms with van der Waals surface area (Å²) in [5.74, 6) is -0.445. The highest BCUT2D eigenvalue weighted by molar-refractivity contribution is 7.89. The Labute approximate surface area is 149 Å². The Morgan fingerprint density at radius 2 is 1.72 bits per heavy atom. The number of benzene rings is 1. The van der Waals surface area contributed by atoms with E-state index < -0.39 is 15.8 Å². The van der Waals surface area contributed by atoms with E-state index in [0.29, 0.717) is 19.8 Å². The Hall–Kier alpha value is -1.06. The third-order valence-electron chi connectivity index (χ3n) is 5.31. The van der Waals surface area contributed by atoms with Crippen molar-refractivity contribution in [2.24, 2.45) is 0 Å². The van der Waals surface area contributed by atoms with Gasteiger partial charge in [-0.3, -0.25) is 4.90 Å². The van der Waals surface area contributed by atoms with Crippen LogP contribution in [0, 0.1) is 5.82 Å². The predicted octanol–water partition coefficient (Wildman–Crippen LogP) is 0.901. The third kappa shape index (κ3) is 4.38. The lowest BCUT2D eigenvalue weighted by Crippen LogP contribution is -2.62. The van der Waals surface area contributed by atoms with E-state index in [4.69, 9.17) is 4.74 Å². The largest absolute Gasteiger partial charge is 0.379 e. The lowest BCUT2D eigenvalue weighted by molar-refractivity contribution is -0.0427. The molecule has 0 bridgehead atoms. The minimum atomic E-state index is -3.65. The topological polar surface area (TPSA) is 61.9 Å². The second kappa shape index (κ2) is 7.67. The fourth-order valence-electron chi connectivity index (χ4n) is 3.60. The molecule has 2 saturated heterocycles. The van der Waals surface area contributed by atoms with E-state index in [1.165, 1.54) is 24.3 Å². The summed E-state index contributed by atoms with van der Waals surface area (Å²) in [5.41, 5.74) is -0.191. The number of nitrogens with one attached hydrogen (secondary N) is 1. The molecule has 1 aromatic carbocycles. The molecule has 2 heterocycles. The Morgan fingerprint density at radius 3 is 2.32 bits per heavy atom. The van der Waals surface area contributed by atoms with Crippen molar-refractivity contribution < 1.29 is 17.5 Å². The van der Waals surface area contributed by atoms with E-state index in [2.05, 4.69) is 21.6 Å². The maximum absolute atomic E-state index is 13.1. The van der Waals surface area contributed by atoms with Crippen LogP contribution >= 0.6 is 0 Å². The molecule has 0 saturated carbocycles. The number of nitrogens with zero attached hydrogens (tertiary/aromatic N) is 2. The Balaban J connectivity index is 1.75. The van der Waals surface area contributed by atoms with Gasteiger partial charge >= 0.3 is 0 Å². The van der Waals surface area contributed by atoms with Crippen LogP contribution in [0.4, 0.5) is 4.39 Å². The van der Waals surface area contributed by atoms with E-state index in [-0.39, 0.29) is 10.4 Å². The molecule has 25 heavy (non-hydrogen) atoms. The fraction of sp³-hybridized carbons (Fsp3) is 0.647. The van der Waals surface area contributed by atoms with Crippen LogP contribution in [0.3, 0.4) is 0 Å². The molecule has 2 aliphatic rings. The molecule has 2 fully saturated rings. The van der Waals surface area contributed by atoms with Crippen LogP contribution < -0.4 is 4.72 Å². The molecule has 140 valence electrons. The monoisotopic (exact) mass is 371 g/mol. The van der Waals surface area contributed by atoms with E-state index in [0.717, 1.165) is 39.0 Å². The first-order chi connectivity index (χ1) is 11.9. The van der Waals surface area contributed by atoms with Crippen molar-refractivity contribution in [3.05, 3.63) is 30.1 Å². The number of sulfonamides is 1. The van der Waals surface area contributed by atoms with Gasteiger partial charge in [0.1, 0.15) is 5.82 Å². The zero-order valence-electron chi connectivity index (χ0n) is 14.6. The molecular formula is C17H26FN3O3S. The van der Waals surface area contributed by atoms with Gasteiger partial charge in [-0.25, -0.2) is 17.5 Å². The van der Waals surface area contributed by atoms with Gasteiger partial charge in [-0.15, -0.1) is 0 Å². The molecule has 3 rings (SSSR count). The van der Waals surface area contributed by atoms with Gasteiger partial charge in [0.25, 0.3) is 0 Å². The maximum atomic E-state index is 13.1. The number of ether oxygens (including phenoxy) is 1. The van der Waals surface area contributed by atoms with Gasteiger partial charge in [0.05, 0.1) is 18.1 Å². The van der Waals surface area contributed by atoms with Crippen LogP contribution in [-0.4, -0.2) is 76.7 Å². The Morgan fingerprint density at radius 1 is 1.12 bits per heavy atom. The van der Waals surface area contributed by atoms with E-state index in [1.807, 2.05) is 0 Å². The van der Waals surface area contributed by atoms with Crippen LogP contribution in [0.25, 0.3) is 0 Å². The molecule has 0 spiro atoms. The van der Waals surface area contributed by atoms with Crippen molar-refractivity contribution in [1.29, 1.82) is 0 Å². The zero-order chi connectivity index (χ0) is 17.9. The summed E-state index contributed by atoms with van der Waals surface area (Å²) in [6.45, 7) is 5.25. The molecule has 0 aliphatic carbocycles. The first kappa shape index (κ1) is 18.7. The van der Waals surface area contributed by atoms with Crippen molar-refractivity contribution in [2.75, 3.05) is 53.0 Å². The van der Waals surface area contributed by atoms with Crippen LogP contribution in [0.2, 0.25) is 0 Å². The molecule has 0 amide bonds. The average Bonchev–Trinajstić information content (AvgIpc) is 2.63. The summed E-state index contributed by atoms with van der Waals surface area (Å²) in [5, 5.41) is 0. The summed E-state index contributed by atoms with van der Waals surface area (Å²) >= 11 is 0.